The maximum absolute atomic E-state index is 11.9. The molecule has 2 heterocycles. The topological polar surface area (TPSA) is 83.6 Å². The predicted octanol–water partition coefficient (Wildman–Crippen LogP) is 1.88. The van der Waals surface area contributed by atoms with Crippen molar-refractivity contribution in [2.75, 3.05) is 13.6 Å². The minimum absolute atomic E-state index is 0.0560. The lowest BCUT2D eigenvalue weighted by Gasteiger charge is -2.14. The van der Waals surface area contributed by atoms with E-state index in [2.05, 4.69) is 4.98 Å². The summed E-state index contributed by atoms with van der Waals surface area (Å²) in [4.78, 5) is 28.1. The number of carboxylic acids is 1. The fourth-order valence-electron chi connectivity index (χ4n) is 1.58. The van der Waals surface area contributed by atoms with Gasteiger partial charge in [0.05, 0.1) is 24.8 Å². The minimum atomic E-state index is -0.916. The van der Waals surface area contributed by atoms with Crippen molar-refractivity contribution in [2.24, 2.45) is 0 Å². The Bertz CT molecular complexity index is 591. The second-order valence-corrected chi connectivity index (χ2v) is 5.15. The number of likely N-dealkylation sites (N-methyl/N-ethyl adjacent to an activating group) is 1. The van der Waals surface area contributed by atoms with Crippen molar-refractivity contribution in [2.45, 2.75) is 12.8 Å². The van der Waals surface area contributed by atoms with E-state index < -0.39 is 5.97 Å². The van der Waals surface area contributed by atoms with E-state index in [4.69, 9.17) is 9.52 Å². The molecule has 20 heavy (non-hydrogen) atoms. The normalized spacial score (nSPS) is 10.4. The van der Waals surface area contributed by atoms with Crippen LogP contribution in [-0.2, 0) is 16.0 Å². The van der Waals surface area contributed by atoms with Gasteiger partial charge in [-0.2, -0.15) is 0 Å². The molecule has 0 bridgehead atoms. The Morgan fingerprint density at radius 1 is 1.50 bits per heavy atom. The summed E-state index contributed by atoms with van der Waals surface area (Å²) in [7, 11) is 1.59. The highest BCUT2D eigenvalue weighted by atomic mass is 32.1. The van der Waals surface area contributed by atoms with Gasteiger partial charge in [-0.05, 0) is 6.07 Å². The standard InChI is InChI=1S/C13H14N2O4S/c1-15(4-2-12(17)18)11(16)6-10-8-20-13(14-10)9-3-5-19-7-9/h3,5,7-8H,2,4,6H2,1H3,(H,17,18). The summed E-state index contributed by atoms with van der Waals surface area (Å²) < 4.78 is 4.99. The summed E-state index contributed by atoms with van der Waals surface area (Å²) in [5.41, 5.74) is 1.56. The first-order chi connectivity index (χ1) is 9.56. The molecule has 0 unspecified atom stereocenters. The van der Waals surface area contributed by atoms with Gasteiger partial charge >= 0.3 is 5.97 Å². The number of aromatic nitrogens is 1. The first kappa shape index (κ1) is 14.3. The lowest BCUT2D eigenvalue weighted by molar-refractivity contribution is -0.138. The van der Waals surface area contributed by atoms with Gasteiger partial charge in [0.25, 0.3) is 0 Å². The van der Waals surface area contributed by atoms with Crippen LogP contribution >= 0.6 is 11.3 Å². The number of carboxylic acid groups (broad SMARTS) is 1. The molecule has 0 aliphatic carbocycles. The maximum Gasteiger partial charge on any atom is 0.305 e. The Balaban J connectivity index is 1.93. The summed E-state index contributed by atoms with van der Waals surface area (Å²) in [5, 5.41) is 11.2. The van der Waals surface area contributed by atoms with Gasteiger partial charge in [-0.25, -0.2) is 4.98 Å². The largest absolute Gasteiger partial charge is 0.481 e. The van der Waals surface area contributed by atoms with E-state index in [0.717, 1.165) is 10.6 Å². The fraction of sp³-hybridized carbons (Fsp3) is 0.308. The second-order valence-electron chi connectivity index (χ2n) is 4.29. The quantitative estimate of drug-likeness (QED) is 0.879. The van der Waals surface area contributed by atoms with Gasteiger partial charge in [0.1, 0.15) is 11.3 Å². The number of nitrogens with zero attached hydrogens (tertiary/aromatic N) is 2. The molecule has 2 aromatic rings. The van der Waals surface area contributed by atoms with Crippen molar-refractivity contribution in [3.05, 3.63) is 29.7 Å². The molecule has 2 aromatic heterocycles. The molecule has 0 spiro atoms. The number of hydrogen-bond donors (Lipinski definition) is 1. The Morgan fingerprint density at radius 2 is 2.30 bits per heavy atom. The summed E-state index contributed by atoms with van der Waals surface area (Å²) >= 11 is 1.44. The number of rotatable bonds is 6. The lowest BCUT2D eigenvalue weighted by Crippen LogP contribution is -2.30. The zero-order valence-electron chi connectivity index (χ0n) is 10.9. The molecule has 0 aromatic carbocycles. The Labute approximate surface area is 119 Å². The van der Waals surface area contributed by atoms with Crippen LogP contribution in [0.2, 0.25) is 0 Å². The molecule has 0 aliphatic heterocycles. The molecule has 0 aliphatic rings. The number of carbonyl (C=O) groups is 2. The Hall–Kier alpha value is -2.15. The average molecular weight is 294 g/mol. The summed E-state index contributed by atoms with van der Waals surface area (Å²) in [5.74, 6) is -1.06. The van der Waals surface area contributed by atoms with Crippen molar-refractivity contribution >= 4 is 23.2 Å². The van der Waals surface area contributed by atoms with E-state index in [1.807, 2.05) is 11.4 Å². The van der Waals surface area contributed by atoms with Gasteiger partial charge in [-0.1, -0.05) is 0 Å². The van der Waals surface area contributed by atoms with Crippen LogP contribution < -0.4 is 0 Å². The van der Waals surface area contributed by atoms with Gasteiger partial charge in [-0.3, -0.25) is 9.59 Å². The highest BCUT2D eigenvalue weighted by Crippen LogP contribution is 2.24. The molecule has 2 rings (SSSR count). The molecule has 1 amide bonds. The van der Waals surface area contributed by atoms with Crippen LogP contribution in [0.25, 0.3) is 10.6 Å². The molecule has 0 saturated heterocycles. The molecule has 0 fully saturated rings. The van der Waals surface area contributed by atoms with Gasteiger partial charge in [0.2, 0.25) is 5.91 Å². The molecule has 0 atom stereocenters. The number of furan rings is 1. The summed E-state index contributed by atoms with van der Waals surface area (Å²) in [6, 6.07) is 1.81. The fourth-order valence-corrected chi connectivity index (χ4v) is 2.39. The number of carbonyl (C=O) groups excluding carboxylic acids is 1. The van der Waals surface area contributed by atoms with Gasteiger partial charge in [0.15, 0.2) is 0 Å². The molecular weight excluding hydrogens is 280 g/mol. The molecule has 0 saturated carbocycles. The van der Waals surface area contributed by atoms with Gasteiger partial charge in [-0.15, -0.1) is 11.3 Å². The average Bonchev–Trinajstić information content (AvgIpc) is 3.05. The Morgan fingerprint density at radius 3 is 2.95 bits per heavy atom. The second kappa shape index (κ2) is 6.33. The van der Waals surface area contributed by atoms with E-state index >= 15 is 0 Å². The molecule has 0 radical (unpaired) electrons. The number of amides is 1. The van der Waals surface area contributed by atoms with Crippen LogP contribution in [0.5, 0.6) is 0 Å². The smallest absolute Gasteiger partial charge is 0.305 e. The molecule has 7 heteroatoms. The van der Waals surface area contributed by atoms with Crippen molar-refractivity contribution in [1.82, 2.24) is 9.88 Å². The zero-order chi connectivity index (χ0) is 14.5. The third kappa shape index (κ3) is 3.67. The van der Waals surface area contributed by atoms with Crippen LogP contribution in [0.3, 0.4) is 0 Å². The van der Waals surface area contributed by atoms with E-state index in [1.165, 1.54) is 16.2 Å². The van der Waals surface area contributed by atoms with Crippen molar-refractivity contribution in [1.29, 1.82) is 0 Å². The minimum Gasteiger partial charge on any atom is -0.481 e. The SMILES string of the molecule is CN(CCC(=O)O)C(=O)Cc1csc(-c2ccoc2)n1. The molecule has 6 nitrogen and oxygen atoms in total. The summed E-state index contributed by atoms with van der Waals surface area (Å²) in [6.07, 6.45) is 3.29. The summed E-state index contributed by atoms with van der Waals surface area (Å²) in [6.45, 7) is 0.201. The van der Waals surface area contributed by atoms with Crippen LogP contribution in [0, 0.1) is 0 Å². The van der Waals surface area contributed by atoms with Crippen molar-refractivity contribution in [3.63, 3.8) is 0 Å². The maximum atomic E-state index is 11.9. The monoisotopic (exact) mass is 294 g/mol. The van der Waals surface area contributed by atoms with Crippen molar-refractivity contribution < 1.29 is 19.1 Å². The van der Waals surface area contributed by atoms with E-state index in [1.54, 1.807) is 19.6 Å². The first-order valence-corrected chi connectivity index (χ1v) is 6.87. The highest BCUT2D eigenvalue weighted by molar-refractivity contribution is 7.13. The van der Waals surface area contributed by atoms with Gasteiger partial charge < -0.3 is 14.4 Å². The zero-order valence-corrected chi connectivity index (χ0v) is 11.7. The molecular formula is C13H14N2O4S. The number of hydrogen-bond acceptors (Lipinski definition) is 5. The van der Waals surface area contributed by atoms with Crippen LogP contribution in [0.4, 0.5) is 0 Å². The molecule has 106 valence electrons. The third-order valence-corrected chi connectivity index (χ3v) is 3.68. The van der Waals surface area contributed by atoms with Crippen molar-refractivity contribution in [3.8, 4) is 10.6 Å². The van der Waals surface area contributed by atoms with Crippen LogP contribution in [0.1, 0.15) is 12.1 Å². The lowest BCUT2D eigenvalue weighted by atomic mass is 10.3. The third-order valence-electron chi connectivity index (χ3n) is 2.74. The number of aliphatic carboxylic acids is 1. The Kier molecular flexibility index (Phi) is 4.52. The predicted molar refractivity (Wildman–Crippen MR) is 73.4 cm³/mol. The number of thiazole rings is 1. The van der Waals surface area contributed by atoms with E-state index in [9.17, 15) is 9.59 Å². The molecule has 1 N–H and O–H groups in total. The van der Waals surface area contributed by atoms with Crippen LogP contribution in [-0.4, -0.2) is 40.5 Å². The first-order valence-electron chi connectivity index (χ1n) is 5.99. The van der Waals surface area contributed by atoms with Crippen LogP contribution in [0.15, 0.2) is 28.4 Å². The van der Waals surface area contributed by atoms with E-state index in [-0.39, 0.29) is 25.3 Å². The van der Waals surface area contributed by atoms with E-state index in [0.29, 0.717) is 5.69 Å². The van der Waals surface area contributed by atoms with Gasteiger partial charge in [0, 0.05) is 24.5 Å². The highest BCUT2D eigenvalue weighted by Gasteiger charge is 2.14.